The van der Waals surface area contributed by atoms with E-state index >= 15 is 0 Å². The van der Waals surface area contributed by atoms with Crippen LogP contribution < -0.4 is 0 Å². The molecule has 4 rings (SSSR count). The Hall–Kier alpha value is -2.49. The van der Waals surface area contributed by atoms with E-state index in [4.69, 9.17) is 11.6 Å². The molecule has 10 heteroatoms. The lowest BCUT2D eigenvalue weighted by Crippen LogP contribution is -2.50. The number of carbonyl (C=O) groups excluding carboxylic acids is 1. The highest BCUT2D eigenvalue weighted by atomic mass is 35.5. The number of hydrogen-bond acceptors (Lipinski definition) is 5. The van der Waals surface area contributed by atoms with Gasteiger partial charge in [0.15, 0.2) is 5.65 Å². The Bertz CT molecular complexity index is 1150. The summed E-state index contributed by atoms with van der Waals surface area (Å²) < 4.78 is 28.6. The molecule has 1 saturated heterocycles. The molecule has 1 aliphatic rings. The molecule has 3 aromatic rings. The van der Waals surface area contributed by atoms with Crippen LogP contribution in [-0.4, -0.2) is 64.3 Å². The normalized spacial score (nSPS) is 15.9. The van der Waals surface area contributed by atoms with Crippen LogP contribution in [0.4, 0.5) is 0 Å². The summed E-state index contributed by atoms with van der Waals surface area (Å²) in [5.41, 5.74) is 1.54. The van der Waals surface area contributed by atoms with Crippen LogP contribution in [-0.2, 0) is 10.0 Å². The van der Waals surface area contributed by atoms with Crippen molar-refractivity contribution in [3.05, 3.63) is 59.0 Å². The molecule has 0 bridgehead atoms. The number of carbonyl (C=O) groups is 1. The average molecular weight is 420 g/mol. The SMILES string of the molecule is Cc1nn2cccnc2c1C(=O)N1CCN(S(=O)(=O)c2ccccc2Cl)CC1. The van der Waals surface area contributed by atoms with Crippen LogP contribution in [0.25, 0.3) is 5.65 Å². The standard InChI is InChI=1S/C18H18ClN5O3S/c1-13-16(17-20-7-4-8-24(17)21-13)18(25)22-9-11-23(12-10-22)28(26,27)15-6-3-2-5-14(15)19/h2-8H,9-12H2,1H3. The molecular formula is C18H18ClN5O3S. The van der Waals surface area contributed by atoms with Crippen molar-refractivity contribution in [2.24, 2.45) is 0 Å². The summed E-state index contributed by atoms with van der Waals surface area (Å²) >= 11 is 6.06. The second-order valence-corrected chi connectivity index (χ2v) is 8.79. The zero-order chi connectivity index (χ0) is 19.9. The van der Waals surface area contributed by atoms with E-state index in [1.807, 2.05) is 0 Å². The van der Waals surface area contributed by atoms with Crippen molar-refractivity contribution in [1.82, 2.24) is 23.8 Å². The number of aryl methyl sites for hydroxylation is 1. The molecule has 0 spiro atoms. The monoisotopic (exact) mass is 419 g/mol. The summed E-state index contributed by atoms with van der Waals surface area (Å²) in [6, 6.07) is 8.11. The molecule has 146 valence electrons. The van der Waals surface area contributed by atoms with E-state index < -0.39 is 10.0 Å². The maximum Gasteiger partial charge on any atom is 0.259 e. The summed E-state index contributed by atoms with van der Waals surface area (Å²) in [6.45, 7) is 2.73. The van der Waals surface area contributed by atoms with E-state index in [9.17, 15) is 13.2 Å². The number of hydrogen-bond donors (Lipinski definition) is 0. The molecule has 3 heterocycles. The maximum atomic E-state index is 13.0. The van der Waals surface area contributed by atoms with Crippen molar-refractivity contribution in [1.29, 1.82) is 0 Å². The number of rotatable bonds is 3. The summed E-state index contributed by atoms with van der Waals surface area (Å²) in [5.74, 6) is -0.194. The van der Waals surface area contributed by atoms with Gasteiger partial charge in [-0.05, 0) is 25.1 Å². The fraction of sp³-hybridized carbons (Fsp3) is 0.278. The number of halogens is 1. The molecule has 2 aromatic heterocycles. The van der Waals surface area contributed by atoms with E-state index in [1.54, 1.807) is 53.0 Å². The fourth-order valence-corrected chi connectivity index (χ4v) is 5.25. The second-order valence-electron chi connectivity index (χ2n) is 6.47. The predicted molar refractivity (Wildman–Crippen MR) is 104 cm³/mol. The highest BCUT2D eigenvalue weighted by Crippen LogP contribution is 2.25. The zero-order valence-electron chi connectivity index (χ0n) is 15.1. The molecular weight excluding hydrogens is 402 g/mol. The number of amides is 1. The van der Waals surface area contributed by atoms with Crippen LogP contribution >= 0.6 is 11.6 Å². The summed E-state index contributed by atoms with van der Waals surface area (Å²) in [4.78, 5) is 19.0. The van der Waals surface area contributed by atoms with Gasteiger partial charge < -0.3 is 4.90 Å². The molecule has 0 N–H and O–H groups in total. The smallest absolute Gasteiger partial charge is 0.259 e. The molecule has 0 atom stereocenters. The summed E-state index contributed by atoms with van der Waals surface area (Å²) in [7, 11) is -3.70. The third kappa shape index (κ3) is 3.15. The largest absolute Gasteiger partial charge is 0.336 e. The predicted octanol–water partition coefficient (Wildman–Crippen LogP) is 1.84. The van der Waals surface area contributed by atoms with Gasteiger partial charge in [-0.3, -0.25) is 4.79 Å². The fourth-order valence-electron chi connectivity index (χ4n) is 3.33. The molecule has 1 amide bonds. The lowest BCUT2D eigenvalue weighted by molar-refractivity contribution is 0.0699. The van der Waals surface area contributed by atoms with E-state index in [0.717, 1.165) is 0 Å². The second kappa shape index (κ2) is 7.16. The third-order valence-electron chi connectivity index (χ3n) is 4.76. The lowest BCUT2D eigenvalue weighted by atomic mass is 10.2. The molecule has 0 unspecified atom stereocenters. The van der Waals surface area contributed by atoms with Crippen LogP contribution in [0.5, 0.6) is 0 Å². The van der Waals surface area contributed by atoms with Crippen LogP contribution in [0.15, 0.2) is 47.6 Å². The molecule has 1 aliphatic heterocycles. The number of fused-ring (bicyclic) bond motifs is 1. The van der Waals surface area contributed by atoms with Crippen molar-refractivity contribution in [2.75, 3.05) is 26.2 Å². The Labute approximate surface area is 167 Å². The molecule has 0 radical (unpaired) electrons. The Morgan fingerprint density at radius 2 is 1.82 bits per heavy atom. The van der Waals surface area contributed by atoms with Gasteiger partial charge in [0.1, 0.15) is 10.5 Å². The zero-order valence-corrected chi connectivity index (χ0v) is 16.7. The van der Waals surface area contributed by atoms with Gasteiger partial charge in [0, 0.05) is 38.6 Å². The van der Waals surface area contributed by atoms with Crippen molar-refractivity contribution >= 4 is 33.2 Å². The first kappa shape index (κ1) is 18.9. The van der Waals surface area contributed by atoms with E-state index in [0.29, 0.717) is 16.9 Å². The molecule has 0 aliphatic carbocycles. The number of sulfonamides is 1. The van der Waals surface area contributed by atoms with E-state index in [2.05, 4.69) is 10.1 Å². The summed E-state index contributed by atoms with van der Waals surface area (Å²) in [6.07, 6.45) is 3.35. The Morgan fingerprint density at radius 1 is 1.11 bits per heavy atom. The minimum atomic E-state index is -3.70. The molecule has 28 heavy (non-hydrogen) atoms. The third-order valence-corrected chi connectivity index (χ3v) is 7.16. The minimum absolute atomic E-state index is 0.0825. The topological polar surface area (TPSA) is 87.9 Å². The molecule has 8 nitrogen and oxygen atoms in total. The van der Waals surface area contributed by atoms with Gasteiger partial charge in [-0.25, -0.2) is 17.9 Å². The lowest BCUT2D eigenvalue weighted by Gasteiger charge is -2.34. The number of nitrogens with zero attached hydrogens (tertiary/aromatic N) is 5. The Kier molecular flexibility index (Phi) is 4.82. The molecule has 0 saturated carbocycles. The van der Waals surface area contributed by atoms with Gasteiger partial charge in [-0.2, -0.15) is 9.40 Å². The number of piperazine rings is 1. The first-order valence-corrected chi connectivity index (χ1v) is 10.6. The van der Waals surface area contributed by atoms with Crippen LogP contribution in [0.3, 0.4) is 0 Å². The maximum absolute atomic E-state index is 13.0. The highest BCUT2D eigenvalue weighted by Gasteiger charge is 2.33. The van der Waals surface area contributed by atoms with Crippen molar-refractivity contribution in [3.63, 3.8) is 0 Å². The Balaban J connectivity index is 1.53. The van der Waals surface area contributed by atoms with Gasteiger partial charge in [0.2, 0.25) is 10.0 Å². The number of aromatic nitrogens is 3. The van der Waals surface area contributed by atoms with Crippen molar-refractivity contribution < 1.29 is 13.2 Å². The number of benzene rings is 1. The summed E-state index contributed by atoms with van der Waals surface area (Å²) in [5, 5.41) is 4.51. The highest BCUT2D eigenvalue weighted by molar-refractivity contribution is 7.89. The average Bonchev–Trinajstić information content (AvgIpc) is 3.03. The molecule has 1 fully saturated rings. The van der Waals surface area contributed by atoms with Gasteiger partial charge in [-0.15, -0.1) is 0 Å². The minimum Gasteiger partial charge on any atom is -0.336 e. The van der Waals surface area contributed by atoms with E-state index in [1.165, 1.54) is 10.4 Å². The van der Waals surface area contributed by atoms with Crippen LogP contribution in [0.2, 0.25) is 5.02 Å². The van der Waals surface area contributed by atoms with Crippen LogP contribution in [0, 0.1) is 6.92 Å². The van der Waals surface area contributed by atoms with E-state index in [-0.39, 0.29) is 42.0 Å². The van der Waals surface area contributed by atoms with Gasteiger partial charge in [0.25, 0.3) is 5.91 Å². The first-order valence-electron chi connectivity index (χ1n) is 8.73. The van der Waals surface area contributed by atoms with Gasteiger partial charge in [-0.1, -0.05) is 23.7 Å². The van der Waals surface area contributed by atoms with Gasteiger partial charge >= 0.3 is 0 Å². The molecule has 1 aromatic carbocycles. The Morgan fingerprint density at radius 3 is 2.54 bits per heavy atom. The van der Waals surface area contributed by atoms with Gasteiger partial charge in [0.05, 0.1) is 10.7 Å². The van der Waals surface area contributed by atoms with Crippen molar-refractivity contribution in [2.45, 2.75) is 11.8 Å². The first-order chi connectivity index (χ1) is 13.4. The van der Waals surface area contributed by atoms with Crippen LogP contribution in [0.1, 0.15) is 16.1 Å². The quantitative estimate of drug-likeness (QED) is 0.646. The van der Waals surface area contributed by atoms with Crippen molar-refractivity contribution in [3.8, 4) is 0 Å².